The number of likely N-dealkylation sites (tertiary alicyclic amines) is 1. The van der Waals surface area contributed by atoms with Crippen LogP contribution in [0.3, 0.4) is 0 Å². The Morgan fingerprint density at radius 2 is 1.71 bits per heavy atom. The topological polar surface area (TPSA) is 54.8 Å². The molecular weight excluding hydrogens is 458 g/mol. The Morgan fingerprint density at radius 1 is 1.03 bits per heavy atom. The summed E-state index contributed by atoms with van der Waals surface area (Å²) in [4.78, 5) is 36.4. The van der Waals surface area contributed by atoms with E-state index in [2.05, 4.69) is 56.9 Å². The van der Waals surface area contributed by atoms with Crippen LogP contribution in [0.1, 0.15) is 53.0 Å². The third-order valence-electron chi connectivity index (χ3n) is 6.88. The van der Waals surface area contributed by atoms with Crippen LogP contribution in [-0.4, -0.2) is 40.3 Å². The lowest BCUT2D eigenvalue weighted by atomic mass is 9.75. The van der Waals surface area contributed by atoms with E-state index in [0.717, 1.165) is 12.1 Å². The number of amides is 1. The molecule has 0 bridgehead atoms. The van der Waals surface area contributed by atoms with Crippen LogP contribution >= 0.6 is 12.2 Å². The molecule has 6 nitrogen and oxygen atoms in total. The Hall–Kier alpha value is -3.19. The molecule has 35 heavy (non-hydrogen) atoms. The van der Waals surface area contributed by atoms with Gasteiger partial charge in [0.15, 0.2) is 0 Å². The van der Waals surface area contributed by atoms with Crippen molar-refractivity contribution in [2.24, 2.45) is 0 Å². The fraction of sp³-hybridized carbons (Fsp3) is 0.393. The highest BCUT2D eigenvalue weighted by molar-refractivity contribution is 7.71. The number of carbonyl (C=O) groups is 2. The third kappa shape index (κ3) is 4.57. The van der Waals surface area contributed by atoms with Crippen LogP contribution in [0.5, 0.6) is 0 Å². The highest BCUT2D eigenvalue weighted by atomic mass is 32.1. The number of para-hydroxylation sites is 1. The van der Waals surface area contributed by atoms with Crippen LogP contribution in [0.2, 0.25) is 0 Å². The highest BCUT2D eigenvalue weighted by Gasteiger charge is 2.62. The Labute approximate surface area is 212 Å². The number of anilines is 1. The first-order valence-electron chi connectivity index (χ1n) is 12.0. The van der Waals surface area contributed by atoms with Gasteiger partial charge in [0.05, 0.1) is 0 Å². The standard InChI is InChI=1S/C28H33N3O3S/c1-19(2)13-15-28-18-24(26(33)34-30-16-9-8-12-25(30)35)31(21(5)32)27(28)29(17-14-20(3)4)23-11-7-6-10-22(23)28/h6-14,16,24,27H,15,17-18H2,1-5H3/t24-,27-,28-/m0/s1. The maximum Gasteiger partial charge on any atom is 0.355 e. The molecule has 0 aliphatic carbocycles. The summed E-state index contributed by atoms with van der Waals surface area (Å²) < 4.78 is 1.69. The van der Waals surface area contributed by atoms with Gasteiger partial charge in [0.2, 0.25) is 5.91 Å². The first-order valence-corrected chi connectivity index (χ1v) is 12.4. The van der Waals surface area contributed by atoms with Gasteiger partial charge in [-0.2, -0.15) is 4.73 Å². The number of allylic oxidation sites excluding steroid dienone is 3. The van der Waals surface area contributed by atoms with Crippen LogP contribution in [-0.2, 0) is 15.0 Å². The van der Waals surface area contributed by atoms with Gasteiger partial charge in [-0.15, -0.1) is 0 Å². The van der Waals surface area contributed by atoms with Crippen LogP contribution in [0, 0.1) is 4.64 Å². The molecule has 4 rings (SSSR count). The molecule has 2 aromatic rings. The minimum Gasteiger partial charge on any atom is -0.346 e. The van der Waals surface area contributed by atoms with E-state index in [9.17, 15) is 9.59 Å². The second kappa shape index (κ2) is 9.82. The molecule has 0 saturated carbocycles. The molecule has 184 valence electrons. The van der Waals surface area contributed by atoms with Crippen molar-refractivity contribution in [1.82, 2.24) is 9.63 Å². The zero-order valence-electron chi connectivity index (χ0n) is 21.0. The summed E-state index contributed by atoms with van der Waals surface area (Å²) in [5, 5.41) is 0. The number of nitrogens with zero attached hydrogens (tertiary/aromatic N) is 3. The van der Waals surface area contributed by atoms with Crippen molar-refractivity contribution in [2.75, 3.05) is 11.4 Å². The Kier molecular flexibility index (Phi) is 6.99. The van der Waals surface area contributed by atoms with Crippen LogP contribution < -0.4 is 9.74 Å². The van der Waals surface area contributed by atoms with Crippen molar-refractivity contribution in [3.63, 3.8) is 0 Å². The van der Waals surface area contributed by atoms with Gasteiger partial charge in [0, 0.05) is 30.8 Å². The quantitative estimate of drug-likeness (QED) is 0.411. The SMILES string of the molecule is CC(=O)N1[C@H](C(=O)On2ccccc2=S)C[C@@]2(CC=C(C)C)c3ccccc3N(CC=C(C)C)[C@@H]12. The molecule has 1 fully saturated rings. The maximum absolute atomic E-state index is 13.5. The van der Waals surface area contributed by atoms with Crippen molar-refractivity contribution >= 4 is 29.8 Å². The molecule has 0 spiro atoms. The molecule has 0 unspecified atom stereocenters. The number of benzene rings is 1. The highest BCUT2D eigenvalue weighted by Crippen LogP contribution is 2.56. The molecule has 1 aromatic carbocycles. The first kappa shape index (κ1) is 24.9. The average Bonchev–Trinajstić information content (AvgIpc) is 3.28. The van der Waals surface area contributed by atoms with Crippen molar-refractivity contribution in [3.8, 4) is 0 Å². The first-order chi connectivity index (χ1) is 16.7. The van der Waals surface area contributed by atoms with E-state index < -0.39 is 17.4 Å². The predicted molar refractivity (Wildman–Crippen MR) is 141 cm³/mol. The van der Waals surface area contributed by atoms with Gasteiger partial charge >= 0.3 is 5.97 Å². The van der Waals surface area contributed by atoms with Crippen LogP contribution in [0.25, 0.3) is 0 Å². The summed E-state index contributed by atoms with van der Waals surface area (Å²) in [5.41, 5.74) is 4.25. The fourth-order valence-corrected chi connectivity index (χ4v) is 5.54. The molecule has 0 N–H and O–H groups in total. The van der Waals surface area contributed by atoms with Crippen LogP contribution in [0.4, 0.5) is 5.69 Å². The fourth-order valence-electron chi connectivity index (χ4n) is 5.36. The smallest absolute Gasteiger partial charge is 0.346 e. The van der Waals surface area contributed by atoms with E-state index >= 15 is 0 Å². The zero-order valence-corrected chi connectivity index (χ0v) is 21.8. The van der Waals surface area contributed by atoms with Crippen molar-refractivity contribution < 1.29 is 14.4 Å². The summed E-state index contributed by atoms with van der Waals surface area (Å²) >= 11 is 5.31. The van der Waals surface area contributed by atoms with Crippen molar-refractivity contribution in [3.05, 3.63) is 82.2 Å². The van der Waals surface area contributed by atoms with Gasteiger partial charge in [-0.1, -0.05) is 59.8 Å². The predicted octanol–water partition coefficient (Wildman–Crippen LogP) is 5.20. The molecule has 2 aliphatic heterocycles. The zero-order chi connectivity index (χ0) is 25.3. The van der Waals surface area contributed by atoms with Crippen molar-refractivity contribution in [2.45, 2.75) is 65.1 Å². The van der Waals surface area contributed by atoms with Gasteiger partial charge in [0.1, 0.15) is 16.8 Å². The van der Waals surface area contributed by atoms with Gasteiger partial charge < -0.3 is 14.6 Å². The molecular formula is C28H33N3O3S. The molecule has 3 atom stereocenters. The molecule has 1 amide bonds. The Bertz CT molecular complexity index is 1260. The summed E-state index contributed by atoms with van der Waals surface area (Å²) in [6.45, 7) is 10.5. The van der Waals surface area contributed by atoms with E-state index in [1.165, 1.54) is 28.4 Å². The molecule has 0 radical (unpaired) electrons. The molecule has 1 saturated heterocycles. The summed E-state index contributed by atoms with van der Waals surface area (Å²) in [7, 11) is 0. The lowest BCUT2D eigenvalue weighted by Crippen LogP contribution is -2.54. The Morgan fingerprint density at radius 3 is 2.37 bits per heavy atom. The van der Waals surface area contributed by atoms with Gasteiger partial charge in [-0.05, 0) is 64.3 Å². The summed E-state index contributed by atoms with van der Waals surface area (Å²) in [6.07, 6.45) is 6.89. The third-order valence-corrected chi connectivity index (χ3v) is 7.20. The number of hydrogen-bond acceptors (Lipinski definition) is 5. The van der Waals surface area contributed by atoms with E-state index in [0.29, 0.717) is 17.6 Å². The molecule has 7 heteroatoms. The maximum atomic E-state index is 13.5. The average molecular weight is 492 g/mol. The van der Waals surface area contributed by atoms with Gasteiger partial charge in [-0.3, -0.25) is 4.79 Å². The second-order valence-corrected chi connectivity index (χ2v) is 10.3. The normalized spacial score (nSPS) is 22.3. The minimum atomic E-state index is -0.729. The van der Waals surface area contributed by atoms with E-state index in [4.69, 9.17) is 17.1 Å². The van der Waals surface area contributed by atoms with Crippen LogP contribution in [0.15, 0.2) is 72.0 Å². The summed E-state index contributed by atoms with van der Waals surface area (Å²) in [5.74, 6) is -0.629. The molecule has 2 aliphatic rings. The number of pyridine rings is 1. The molecule has 3 heterocycles. The number of rotatable bonds is 6. The molecule has 1 aromatic heterocycles. The van der Waals surface area contributed by atoms with Gasteiger partial charge in [0.25, 0.3) is 0 Å². The minimum absolute atomic E-state index is 0.150. The Balaban J connectivity index is 1.84. The number of aromatic nitrogens is 1. The van der Waals surface area contributed by atoms with E-state index in [-0.39, 0.29) is 12.1 Å². The summed E-state index contributed by atoms with van der Waals surface area (Å²) in [6, 6.07) is 12.8. The largest absolute Gasteiger partial charge is 0.355 e. The van der Waals surface area contributed by atoms with Crippen molar-refractivity contribution in [1.29, 1.82) is 0 Å². The lowest BCUT2D eigenvalue weighted by molar-refractivity contribution is -0.154. The number of carbonyl (C=O) groups excluding carboxylic acids is 2. The van der Waals surface area contributed by atoms with E-state index in [1.54, 1.807) is 29.3 Å². The monoisotopic (exact) mass is 491 g/mol. The second-order valence-electron chi connectivity index (χ2n) is 9.89. The van der Waals surface area contributed by atoms with Gasteiger partial charge in [-0.25, -0.2) is 4.79 Å². The number of fused-ring (bicyclic) bond motifs is 3. The number of hydrogen-bond donors (Lipinski definition) is 0. The lowest BCUT2D eigenvalue weighted by Gasteiger charge is -2.38. The van der Waals surface area contributed by atoms with E-state index in [1.807, 2.05) is 12.1 Å².